The number of hydrogen-bond donors (Lipinski definition) is 4. The lowest BCUT2D eigenvalue weighted by Crippen LogP contribution is -2.99. The average molecular weight is 659 g/mol. The number of aliphatic carboxylic acids is 1. The maximum atomic E-state index is 13.4. The number of ether oxygens (including phenoxy) is 3. The van der Waals surface area contributed by atoms with Crippen LogP contribution < -0.4 is 10.5 Å². The molecular weight excluding hydrogens is 624 g/mol. The topological polar surface area (TPSA) is 194 Å². The third-order valence-corrected chi connectivity index (χ3v) is 7.57. The molecule has 14 nitrogen and oxygen atoms in total. The number of carboxylic acids is 1. The van der Waals surface area contributed by atoms with Gasteiger partial charge in [-0.15, -0.1) is 0 Å². The van der Waals surface area contributed by atoms with Crippen molar-refractivity contribution >= 4 is 29.8 Å². The summed E-state index contributed by atoms with van der Waals surface area (Å²) in [5, 5.41) is 32.5. The first-order valence-electron chi connectivity index (χ1n) is 15.0. The maximum Gasteiger partial charge on any atom is 0.420 e. The minimum Gasteiger partial charge on any atom is -0.595 e. The summed E-state index contributed by atoms with van der Waals surface area (Å²) in [6, 6.07) is 19.5. The van der Waals surface area contributed by atoms with Crippen molar-refractivity contribution in [2.75, 3.05) is 6.61 Å². The number of carbonyl (C=O) groups excluding carboxylic acids is 3. The van der Waals surface area contributed by atoms with Crippen molar-refractivity contribution in [2.24, 2.45) is 0 Å². The summed E-state index contributed by atoms with van der Waals surface area (Å²) in [7, 11) is 0. The first-order valence-corrected chi connectivity index (χ1v) is 15.0. The minimum atomic E-state index is -1.78. The predicted molar refractivity (Wildman–Crippen MR) is 168 cm³/mol. The number of amides is 1. The summed E-state index contributed by atoms with van der Waals surface area (Å²) in [4.78, 5) is 55.5. The zero-order valence-corrected chi connectivity index (χ0v) is 26.3. The quantitative estimate of drug-likeness (QED) is 0.110. The lowest BCUT2D eigenvalue weighted by molar-refractivity contribution is -0.991. The molecule has 1 aromatic heterocycles. The van der Waals surface area contributed by atoms with Gasteiger partial charge in [-0.25, -0.2) is 33.9 Å². The van der Waals surface area contributed by atoms with E-state index in [1.165, 1.54) is 30.5 Å². The molecule has 0 aliphatic heterocycles. The van der Waals surface area contributed by atoms with Crippen LogP contribution in [0.2, 0.25) is 0 Å². The molecule has 250 valence electrons. The van der Waals surface area contributed by atoms with Crippen LogP contribution in [0.4, 0.5) is 15.3 Å². The highest BCUT2D eigenvalue weighted by Gasteiger charge is 2.35. The van der Waals surface area contributed by atoms with E-state index in [0.717, 1.165) is 33.1 Å². The summed E-state index contributed by atoms with van der Waals surface area (Å²) in [6.07, 6.45) is -2.11. The molecule has 0 fully saturated rings. The molecule has 4 aromatic rings. The van der Waals surface area contributed by atoms with Gasteiger partial charge in [-0.05, 0) is 49.1 Å². The Hall–Kier alpha value is -5.57. The van der Waals surface area contributed by atoms with Gasteiger partial charge in [0.25, 0.3) is 0 Å². The van der Waals surface area contributed by atoms with Gasteiger partial charge in [0.05, 0.1) is 11.3 Å². The van der Waals surface area contributed by atoms with E-state index in [9.17, 15) is 34.7 Å². The molecule has 3 aromatic carbocycles. The molecule has 1 aliphatic carbocycles. The van der Waals surface area contributed by atoms with Crippen molar-refractivity contribution in [3.63, 3.8) is 0 Å². The molecule has 1 aliphatic rings. The number of para-hydroxylation sites is 1. The molecular formula is C34H34N4O10. The van der Waals surface area contributed by atoms with Gasteiger partial charge in [0.2, 0.25) is 6.10 Å². The van der Waals surface area contributed by atoms with Crippen molar-refractivity contribution in [2.45, 2.75) is 50.9 Å². The van der Waals surface area contributed by atoms with E-state index in [1.807, 2.05) is 48.5 Å². The second kappa shape index (κ2) is 14.0. The lowest BCUT2D eigenvalue weighted by atomic mass is 9.98. The maximum absolute atomic E-state index is 13.4. The highest BCUT2D eigenvalue weighted by atomic mass is 16.8. The molecule has 0 spiro atoms. The molecule has 0 bridgehead atoms. The molecule has 0 radical (unpaired) electrons. The highest BCUT2D eigenvalue weighted by Crippen LogP contribution is 2.44. The number of esters is 1. The van der Waals surface area contributed by atoms with Crippen LogP contribution >= 0.6 is 0 Å². The Morgan fingerprint density at radius 2 is 1.58 bits per heavy atom. The highest BCUT2D eigenvalue weighted by molar-refractivity contribution is 5.84. The van der Waals surface area contributed by atoms with E-state index in [4.69, 9.17) is 14.2 Å². The van der Waals surface area contributed by atoms with Crippen LogP contribution in [-0.2, 0) is 30.2 Å². The summed E-state index contributed by atoms with van der Waals surface area (Å²) < 4.78 is 17.2. The number of hydrogen-bond acceptors (Lipinski definition) is 10. The van der Waals surface area contributed by atoms with Gasteiger partial charge >= 0.3 is 24.1 Å². The van der Waals surface area contributed by atoms with Crippen LogP contribution in [0, 0.1) is 5.21 Å². The fourth-order valence-corrected chi connectivity index (χ4v) is 5.50. The van der Waals surface area contributed by atoms with Crippen molar-refractivity contribution in [3.05, 3.63) is 113 Å². The number of rotatable bonds is 10. The monoisotopic (exact) mass is 658 g/mol. The zero-order chi connectivity index (χ0) is 34.6. The molecule has 3 atom stereocenters. The third-order valence-electron chi connectivity index (χ3n) is 7.57. The molecule has 1 heterocycles. The number of nitrogens with one attached hydrogen (secondary N) is 2. The van der Waals surface area contributed by atoms with Gasteiger partial charge in [-0.3, -0.25) is 0 Å². The fraction of sp³-hybridized carbons (Fsp3) is 0.265. The summed E-state index contributed by atoms with van der Waals surface area (Å²) >= 11 is 0. The number of quaternary nitrogens is 1. The van der Waals surface area contributed by atoms with Gasteiger partial charge in [-0.1, -0.05) is 60.7 Å². The van der Waals surface area contributed by atoms with Crippen LogP contribution in [0.15, 0.2) is 85.3 Å². The second-order valence-corrected chi connectivity index (χ2v) is 12.0. The smallest absolute Gasteiger partial charge is 0.420 e. The fourth-order valence-electron chi connectivity index (χ4n) is 5.50. The van der Waals surface area contributed by atoms with E-state index in [-0.39, 0.29) is 29.5 Å². The Labute approximate surface area is 275 Å². The number of fused-ring (bicyclic) bond motifs is 3. The zero-order valence-electron chi connectivity index (χ0n) is 26.3. The predicted octanol–water partition coefficient (Wildman–Crippen LogP) is 3.89. The van der Waals surface area contributed by atoms with Crippen LogP contribution in [0.1, 0.15) is 55.2 Å². The Balaban J connectivity index is 1.29. The van der Waals surface area contributed by atoms with Crippen LogP contribution in [0.5, 0.6) is 0 Å². The molecule has 48 heavy (non-hydrogen) atoms. The van der Waals surface area contributed by atoms with Crippen molar-refractivity contribution in [1.29, 1.82) is 0 Å². The van der Waals surface area contributed by atoms with Crippen LogP contribution in [-0.4, -0.2) is 62.2 Å². The molecule has 2 unspecified atom stereocenters. The SMILES string of the molecule is CC(C)(C)OC(=O)C(OC(=O)n1cncc1C[C@@H](NC(=O)OCC1c2ccccc2-c2ccccc21)C(=O)O)c1ccccc1[NH+]([O-])O. The number of alkyl carbamates (subject to hydrolysis) is 1. The summed E-state index contributed by atoms with van der Waals surface area (Å²) in [5.74, 6) is -2.68. The van der Waals surface area contributed by atoms with Crippen LogP contribution in [0.3, 0.4) is 0 Å². The number of nitrogens with zero attached hydrogens (tertiary/aromatic N) is 2. The summed E-state index contributed by atoms with van der Waals surface area (Å²) in [6.45, 7) is 4.74. The van der Waals surface area contributed by atoms with Gasteiger partial charge in [0, 0.05) is 24.6 Å². The Morgan fingerprint density at radius 1 is 0.979 bits per heavy atom. The number of aromatic nitrogens is 2. The van der Waals surface area contributed by atoms with Crippen LogP contribution in [0.25, 0.3) is 11.1 Å². The van der Waals surface area contributed by atoms with Crippen molar-refractivity contribution in [3.8, 4) is 11.1 Å². The molecule has 0 saturated heterocycles. The van der Waals surface area contributed by atoms with E-state index < -0.39 is 53.5 Å². The van der Waals surface area contributed by atoms with Gasteiger partial charge in [-0.2, -0.15) is 5.23 Å². The first kappa shape index (κ1) is 33.8. The van der Waals surface area contributed by atoms with E-state index >= 15 is 0 Å². The number of imidazole rings is 1. The third kappa shape index (κ3) is 7.52. The number of carbonyl (C=O) groups is 4. The summed E-state index contributed by atoms with van der Waals surface area (Å²) in [5.41, 5.74) is 2.64. The molecule has 14 heteroatoms. The number of benzene rings is 3. The minimum absolute atomic E-state index is 0.0146. The normalized spacial score (nSPS) is 14.2. The largest absolute Gasteiger partial charge is 0.595 e. The van der Waals surface area contributed by atoms with Gasteiger partial charge in [0.1, 0.15) is 24.6 Å². The van der Waals surface area contributed by atoms with Gasteiger partial charge in [0.15, 0.2) is 5.69 Å². The molecule has 1 amide bonds. The van der Waals surface area contributed by atoms with E-state index in [1.54, 1.807) is 20.8 Å². The Kier molecular flexibility index (Phi) is 9.89. The number of carboxylic acid groups (broad SMARTS) is 1. The second-order valence-electron chi connectivity index (χ2n) is 12.0. The van der Waals surface area contributed by atoms with Crippen molar-refractivity contribution < 1.29 is 48.9 Å². The lowest BCUT2D eigenvalue weighted by Gasteiger charge is -2.26. The average Bonchev–Trinajstić information content (AvgIpc) is 3.64. The van der Waals surface area contributed by atoms with Gasteiger partial charge < -0.3 is 29.8 Å². The molecule has 4 N–H and O–H groups in total. The Bertz CT molecular complexity index is 1780. The first-order chi connectivity index (χ1) is 22.8. The van der Waals surface area contributed by atoms with Crippen molar-refractivity contribution in [1.82, 2.24) is 14.9 Å². The Morgan fingerprint density at radius 3 is 2.19 bits per heavy atom. The van der Waals surface area contributed by atoms with E-state index in [2.05, 4.69) is 10.3 Å². The molecule has 5 rings (SSSR count). The van der Waals surface area contributed by atoms with E-state index in [0.29, 0.717) is 0 Å². The molecule has 0 saturated carbocycles. The standard InChI is InChI=1S/C34H34N4O10/c1-34(2,3)48-31(41)29(25-14-8-9-15-28(25)38(44)45)47-33(43)37-19-35-17-20(37)16-27(30(39)40)36-32(42)46-18-26-23-12-6-4-10-21(23)22-11-5-7-13-24(22)26/h4-15,17,19,26-27,29,38,44H,16,18H2,1-3H3,(H,36,42)(H,39,40)/t27-,29?/m1/s1.